The maximum absolute atomic E-state index is 13.6. The van der Waals surface area contributed by atoms with Gasteiger partial charge in [-0.15, -0.1) is 6.58 Å². The number of hydrogen-bond acceptors (Lipinski definition) is 6. The molecule has 4 aromatic carbocycles. The van der Waals surface area contributed by atoms with Crippen LogP contribution in [0.5, 0.6) is 0 Å². The first-order valence-electron chi connectivity index (χ1n) is 15.9. The molecule has 0 unspecified atom stereocenters. The van der Waals surface area contributed by atoms with E-state index < -0.39 is 35.2 Å². The van der Waals surface area contributed by atoms with Crippen LogP contribution >= 0.6 is 0 Å². The number of hydrogen-bond donors (Lipinski definition) is 0. The van der Waals surface area contributed by atoms with Gasteiger partial charge in [0.25, 0.3) is 0 Å². The number of rotatable bonds is 10. The van der Waals surface area contributed by atoms with Gasteiger partial charge in [-0.3, -0.25) is 9.80 Å². The molecular formula is C38H31F9N6. The van der Waals surface area contributed by atoms with Crippen LogP contribution in [-0.2, 0) is 18.5 Å². The Kier molecular flexibility index (Phi) is 10.9. The summed E-state index contributed by atoms with van der Waals surface area (Å²) in [6.07, 6.45) is -10.7. The number of benzene rings is 4. The summed E-state index contributed by atoms with van der Waals surface area (Å²) in [7, 11) is 0. The number of halogens is 9. The number of aryl methyl sites for hydroxylation is 1. The predicted molar refractivity (Wildman–Crippen MR) is 186 cm³/mol. The number of nitrogens with zero attached hydrogens (tertiary/aromatic N) is 6. The lowest BCUT2D eigenvalue weighted by molar-refractivity contribution is -0.138. The molecule has 0 bridgehead atoms. The topological polar surface area (TPSA) is 48.4 Å². The molecule has 0 atom stereocenters. The van der Waals surface area contributed by atoms with E-state index in [0.29, 0.717) is 11.4 Å². The van der Waals surface area contributed by atoms with Crippen molar-refractivity contribution in [2.24, 2.45) is 0 Å². The second-order valence-corrected chi connectivity index (χ2v) is 11.7. The zero-order valence-electron chi connectivity index (χ0n) is 28.4. The number of aromatic nitrogens is 3. The number of anilines is 7. The van der Waals surface area contributed by atoms with Crippen LogP contribution in [0.3, 0.4) is 0 Å². The molecular weight excluding hydrogens is 711 g/mol. The largest absolute Gasteiger partial charge is 0.416 e. The Bertz CT molecular complexity index is 2000. The van der Waals surface area contributed by atoms with Gasteiger partial charge in [0.15, 0.2) is 0 Å². The first-order chi connectivity index (χ1) is 24.9. The van der Waals surface area contributed by atoms with Gasteiger partial charge in [0.2, 0.25) is 17.8 Å². The van der Waals surface area contributed by atoms with Crippen LogP contribution in [0.2, 0.25) is 0 Å². The third kappa shape index (κ3) is 8.79. The van der Waals surface area contributed by atoms with Gasteiger partial charge < -0.3 is 4.90 Å². The SMILES string of the molecule is C=CCN(/C(C)=C/C)c1nc(N(c2ccc(C)cc2)c2ccc(C(F)(F)F)cc2)nc(N(c2ccc(C(F)(F)F)cc2)c2ccc(C(F)(F)F)cc2)n1. The molecule has 1 aromatic heterocycles. The summed E-state index contributed by atoms with van der Waals surface area (Å²) < 4.78 is 122. The molecule has 15 heteroatoms. The monoisotopic (exact) mass is 742 g/mol. The first-order valence-corrected chi connectivity index (χ1v) is 15.9. The van der Waals surface area contributed by atoms with Crippen molar-refractivity contribution >= 4 is 40.6 Å². The normalized spacial score (nSPS) is 12.4. The Labute approximate surface area is 299 Å². The van der Waals surface area contributed by atoms with E-state index in [0.717, 1.165) is 66.2 Å². The highest BCUT2D eigenvalue weighted by Crippen LogP contribution is 2.41. The standard InChI is InChI=1S/C38H31F9N6/c1-5-23-51(25(4)6-2)33-48-34(52(29-15-7-24(3)8-16-29)30-17-9-26(10-18-30)36(39,40)41)50-35(49-33)53(31-19-11-27(12-20-31)37(42,43)44)32-21-13-28(14-22-32)38(45,46)47/h5-22H,1,23H2,2-4H3/b25-6+. The molecule has 0 spiro atoms. The van der Waals surface area contributed by atoms with Crippen molar-refractivity contribution in [1.29, 1.82) is 0 Å². The average Bonchev–Trinajstić information content (AvgIpc) is 3.11. The molecule has 0 saturated carbocycles. The van der Waals surface area contributed by atoms with E-state index >= 15 is 0 Å². The van der Waals surface area contributed by atoms with E-state index in [2.05, 4.69) is 11.6 Å². The third-order valence-electron chi connectivity index (χ3n) is 8.05. The van der Waals surface area contributed by atoms with Crippen molar-refractivity contribution < 1.29 is 39.5 Å². The van der Waals surface area contributed by atoms with E-state index in [1.165, 1.54) is 21.9 Å². The summed E-state index contributed by atoms with van der Waals surface area (Å²) in [4.78, 5) is 18.4. The van der Waals surface area contributed by atoms with Gasteiger partial charge in [0, 0.05) is 35.0 Å². The van der Waals surface area contributed by atoms with Gasteiger partial charge >= 0.3 is 18.5 Å². The van der Waals surface area contributed by atoms with Crippen molar-refractivity contribution in [3.63, 3.8) is 0 Å². The molecule has 0 N–H and O–H groups in total. The quantitative estimate of drug-likeness (QED) is 0.105. The summed E-state index contributed by atoms with van der Waals surface area (Å²) in [5.74, 6) is -0.366. The van der Waals surface area contributed by atoms with E-state index in [4.69, 9.17) is 9.97 Å². The highest BCUT2D eigenvalue weighted by atomic mass is 19.4. The molecule has 0 aliphatic heterocycles. The van der Waals surface area contributed by atoms with Crippen molar-refractivity contribution in [2.75, 3.05) is 21.2 Å². The van der Waals surface area contributed by atoms with E-state index in [9.17, 15) is 39.5 Å². The van der Waals surface area contributed by atoms with Crippen LogP contribution in [0.4, 0.5) is 80.1 Å². The molecule has 0 fully saturated rings. The van der Waals surface area contributed by atoms with Crippen molar-refractivity contribution in [3.8, 4) is 0 Å². The van der Waals surface area contributed by atoms with Crippen LogP contribution in [0.25, 0.3) is 0 Å². The molecule has 0 aliphatic rings. The smallest absolute Gasteiger partial charge is 0.311 e. The lowest BCUT2D eigenvalue weighted by Gasteiger charge is -2.29. The van der Waals surface area contributed by atoms with E-state index in [1.54, 1.807) is 55.2 Å². The van der Waals surface area contributed by atoms with Gasteiger partial charge in [-0.1, -0.05) is 29.8 Å². The zero-order valence-corrected chi connectivity index (χ0v) is 28.4. The minimum Gasteiger partial charge on any atom is -0.311 e. The van der Waals surface area contributed by atoms with Crippen LogP contribution in [0, 0.1) is 6.92 Å². The lowest BCUT2D eigenvalue weighted by atomic mass is 10.1. The van der Waals surface area contributed by atoms with Crippen LogP contribution < -0.4 is 14.7 Å². The number of alkyl halides is 9. The molecule has 0 aliphatic carbocycles. The maximum atomic E-state index is 13.6. The van der Waals surface area contributed by atoms with Crippen LogP contribution in [-0.4, -0.2) is 21.5 Å². The summed E-state index contributed by atoms with van der Waals surface area (Å²) in [5, 5.41) is 0. The second-order valence-electron chi connectivity index (χ2n) is 11.7. The Morgan fingerprint density at radius 1 is 0.547 bits per heavy atom. The summed E-state index contributed by atoms with van der Waals surface area (Å²) in [6.45, 7) is 9.31. The maximum Gasteiger partial charge on any atom is 0.416 e. The van der Waals surface area contributed by atoms with Crippen molar-refractivity contribution in [2.45, 2.75) is 39.3 Å². The average molecular weight is 743 g/mol. The number of allylic oxidation sites excluding steroid dienone is 2. The van der Waals surface area contributed by atoms with Gasteiger partial charge in [-0.25, -0.2) is 0 Å². The second kappa shape index (κ2) is 15.0. The summed E-state index contributed by atoms with van der Waals surface area (Å²) >= 11 is 0. The molecule has 0 amide bonds. The molecule has 5 rings (SSSR count). The summed E-state index contributed by atoms with van der Waals surface area (Å²) in [5.41, 5.74) is -0.608. The molecule has 6 nitrogen and oxygen atoms in total. The van der Waals surface area contributed by atoms with Gasteiger partial charge in [0.1, 0.15) is 0 Å². The molecule has 53 heavy (non-hydrogen) atoms. The molecule has 0 radical (unpaired) electrons. The lowest BCUT2D eigenvalue weighted by Crippen LogP contribution is -2.26. The Balaban J connectivity index is 1.83. The third-order valence-corrected chi connectivity index (χ3v) is 8.05. The van der Waals surface area contributed by atoms with Gasteiger partial charge in [0.05, 0.1) is 16.7 Å². The Morgan fingerprint density at radius 3 is 1.13 bits per heavy atom. The minimum atomic E-state index is -4.68. The molecule has 276 valence electrons. The zero-order chi connectivity index (χ0) is 38.7. The molecule has 5 aromatic rings. The predicted octanol–water partition coefficient (Wildman–Crippen LogP) is 12.1. The van der Waals surface area contributed by atoms with Crippen LogP contribution in [0.1, 0.15) is 36.1 Å². The fraction of sp³-hybridized carbons (Fsp3) is 0.184. The van der Waals surface area contributed by atoms with E-state index in [-0.39, 0.29) is 41.5 Å². The molecule has 1 heterocycles. The Morgan fingerprint density at radius 2 is 0.849 bits per heavy atom. The van der Waals surface area contributed by atoms with Gasteiger partial charge in [-0.2, -0.15) is 54.5 Å². The first kappa shape index (κ1) is 38.4. The molecule has 0 saturated heterocycles. The van der Waals surface area contributed by atoms with Crippen molar-refractivity contribution in [1.82, 2.24) is 15.0 Å². The fourth-order valence-corrected chi connectivity index (χ4v) is 5.18. The van der Waals surface area contributed by atoms with Crippen LogP contribution in [0.15, 0.2) is 121 Å². The minimum absolute atomic E-state index is 0.00616. The Hall–Kier alpha value is -5.86. The van der Waals surface area contributed by atoms with Crippen molar-refractivity contribution in [3.05, 3.63) is 144 Å². The fourth-order valence-electron chi connectivity index (χ4n) is 5.18. The highest BCUT2D eigenvalue weighted by Gasteiger charge is 2.33. The highest BCUT2D eigenvalue weighted by molar-refractivity contribution is 5.77. The summed E-state index contributed by atoms with van der Waals surface area (Å²) in [6, 6.07) is 18.9. The van der Waals surface area contributed by atoms with Gasteiger partial charge in [-0.05, 0) is 106 Å². The van der Waals surface area contributed by atoms with E-state index in [1.807, 2.05) is 6.92 Å².